The van der Waals surface area contributed by atoms with Gasteiger partial charge in [-0.15, -0.1) is 11.3 Å². The zero-order valence-corrected chi connectivity index (χ0v) is 10.8. The second kappa shape index (κ2) is 4.86. The van der Waals surface area contributed by atoms with Gasteiger partial charge in [-0.05, 0) is 56.0 Å². The minimum atomic E-state index is -0.666. The van der Waals surface area contributed by atoms with Crippen LogP contribution in [0.5, 0.6) is 0 Å². The maximum absolute atomic E-state index is 10.6. The topological polar surface area (TPSA) is 29.5 Å². The fourth-order valence-electron chi connectivity index (χ4n) is 2.53. The number of thiophene rings is 1. The lowest BCUT2D eigenvalue weighted by Crippen LogP contribution is -2.28. The molecule has 0 radical (unpaired) electrons. The van der Waals surface area contributed by atoms with Crippen LogP contribution < -0.4 is 0 Å². The minimum Gasteiger partial charge on any atom is -0.385 e. The van der Waals surface area contributed by atoms with E-state index in [0.717, 1.165) is 37.4 Å². The summed E-state index contributed by atoms with van der Waals surface area (Å²) in [5, 5.41) is 12.6. The second-order valence-electron chi connectivity index (χ2n) is 4.97. The number of ether oxygens (including phenoxy) is 1. The van der Waals surface area contributed by atoms with Gasteiger partial charge in [0.2, 0.25) is 0 Å². The molecular weight excluding hydrogens is 220 g/mol. The first-order chi connectivity index (χ1) is 7.59. The summed E-state index contributed by atoms with van der Waals surface area (Å²) < 4.78 is 5.35. The van der Waals surface area contributed by atoms with Gasteiger partial charge in [0.15, 0.2) is 0 Å². The van der Waals surface area contributed by atoms with Crippen molar-refractivity contribution in [3.63, 3.8) is 0 Å². The fraction of sp³-hybridized carbons (Fsp3) is 0.692. The highest BCUT2D eigenvalue weighted by Gasteiger charge is 2.30. The molecule has 0 aliphatic carbocycles. The Morgan fingerprint density at radius 3 is 2.75 bits per heavy atom. The molecule has 1 atom stereocenters. The highest BCUT2D eigenvalue weighted by Crippen LogP contribution is 2.36. The molecule has 1 aliphatic heterocycles. The summed E-state index contributed by atoms with van der Waals surface area (Å²) in [5.41, 5.74) is 0.544. The zero-order chi connectivity index (χ0) is 11.6. The molecule has 0 spiro atoms. The van der Waals surface area contributed by atoms with Crippen molar-refractivity contribution in [1.82, 2.24) is 0 Å². The molecule has 2 heterocycles. The standard InChI is InChI=1S/C13H20O2S/c1-10-5-8-16-12(10)13(2,14)9-11-3-6-15-7-4-11/h5,8,11,14H,3-4,6-7,9H2,1-2H3. The van der Waals surface area contributed by atoms with Crippen molar-refractivity contribution in [2.24, 2.45) is 5.92 Å². The van der Waals surface area contributed by atoms with Gasteiger partial charge >= 0.3 is 0 Å². The van der Waals surface area contributed by atoms with Gasteiger partial charge in [0.1, 0.15) is 0 Å². The van der Waals surface area contributed by atoms with E-state index in [-0.39, 0.29) is 0 Å². The van der Waals surface area contributed by atoms with E-state index in [0.29, 0.717) is 5.92 Å². The fourth-order valence-corrected chi connectivity index (χ4v) is 3.53. The summed E-state index contributed by atoms with van der Waals surface area (Å²) in [6.07, 6.45) is 3.03. The van der Waals surface area contributed by atoms with E-state index in [1.54, 1.807) is 11.3 Å². The summed E-state index contributed by atoms with van der Waals surface area (Å²) >= 11 is 1.66. The summed E-state index contributed by atoms with van der Waals surface area (Å²) in [6.45, 7) is 5.72. The summed E-state index contributed by atoms with van der Waals surface area (Å²) in [6, 6.07) is 2.08. The lowest BCUT2D eigenvalue weighted by atomic mass is 9.85. The lowest BCUT2D eigenvalue weighted by Gasteiger charge is -2.30. The molecular formula is C13H20O2S. The van der Waals surface area contributed by atoms with Crippen LogP contribution in [0.15, 0.2) is 11.4 Å². The van der Waals surface area contributed by atoms with E-state index in [1.165, 1.54) is 5.56 Å². The maximum Gasteiger partial charge on any atom is 0.0965 e. The van der Waals surface area contributed by atoms with Crippen LogP contribution in [0.25, 0.3) is 0 Å². The Morgan fingerprint density at radius 1 is 1.50 bits per heavy atom. The van der Waals surface area contributed by atoms with Crippen molar-refractivity contribution < 1.29 is 9.84 Å². The molecule has 2 rings (SSSR count). The van der Waals surface area contributed by atoms with E-state index >= 15 is 0 Å². The van der Waals surface area contributed by atoms with Crippen LogP contribution >= 0.6 is 11.3 Å². The second-order valence-corrected chi connectivity index (χ2v) is 5.88. The first-order valence-corrected chi connectivity index (χ1v) is 6.82. The molecule has 16 heavy (non-hydrogen) atoms. The van der Waals surface area contributed by atoms with Crippen LogP contribution in [0.1, 0.15) is 36.6 Å². The van der Waals surface area contributed by atoms with Crippen LogP contribution in [0.3, 0.4) is 0 Å². The van der Waals surface area contributed by atoms with Gasteiger partial charge in [0.05, 0.1) is 5.60 Å². The summed E-state index contributed by atoms with van der Waals surface area (Å²) in [4.78, 5) is 1.12. The van der Waals surface area contributed by atoms with Gasteiger partial charge < -0.3 is 9.84 Å². The van der Waals surface area contributed by atoms with Crippen molar-refractivity contribution in [2.75, 3.05) is 13.2 Å². The largest absolute Gasteiger partial charge is 0.385 e. The van der Waals surface area contributed by atoms with Crippen molar-refractivity contribution >= 4 is 11.3 Å². The van der Waals surface area contributed by atoms with Crippen LogP contribution in [0.4, 0.5) is 0 Å². The molecule has 0 saturated carbocycles. The van der Waals surface area contributed by atoms with Crippen LogP contribution in [-0.2, 0) is 10.3 Å². The molecule has 90 valence electrons. The molecule has 0 aromatic carbocycles. The third-order valence-corrected chi connectivity index (χ3v) is 4.65. The Labute approximate surface area is 101 Å². The number of aryl methyl sites for hydroxylation is 1. The van der Waals surface area contributed by atoms with Gasteiger partial charge in [-0.1, -0.05) is 0 Å². The molecule has 1 fully saturated rings. The molecule has 0 amide bonds. The average Bonchev–Trinajstić information content (AvgIpc) is 2.66. The van der Waals surface area contributed by atoms with E-state index in [2.05, 4.69) is 18.4 Å². The first kappa shape index (κ1) is 12.1. The quantitative estimate of drug-likeness (QED) is 0.879. The predicted octanol–water partition coefficient (Wildman–Crippen LogP) is 3.08. The lowest BCUT2D eigenvalue weighted by molar-refractivity contribution is -0.00113. The van der Waals surface area contributed by atoms with Crippen molar-refractivity contribution in [1.29, 1.82) is 0 Å². The summed E-state index contributed by atoms with van der Waals surface area (Å²) in [5.74, 6) is 0.602. The van der Waals surface area contributed by atoms with Crippen molar-refractivity contribution in [3.8, 4) is 0 Å². The maximum atomic E-state index is 10.6. The van der Waals surface area contributed by atoms with Crippen LogP contribution in [-0.4, -0.2) is 18.3 Å². The minimum absolute atomic E-state index is 0.602. The molecule has 1 aliphatic rings. The van der Waals surface area contributed by atoms with Crippen LogP contribution in [0.2, 0.25) is 0 Å². The summed E-state index contributed by atoms with van der Waals surface area (Å²) in [7, 11) is 0. The Balaban J connectivity index is 2.04. The highest BCUT2D eigenvalue weighted by molar-refractivity contribution is 7.10. The predicted molar refractivity (Wildman–Crippen MR) is 66.8 cm³/mol. The van der Waals surface area contributed by atoms with Crippen molar-refractivity contribution in [2.45, 2.75) is 38.7 Å². The van der Waals surface area contributed by atoms with Crippen molar-refractivity contribution in [3.05, 3.63) is 21.9 Å². The monoisotopic (exact) mass is 240 g/mol. The third-order valence-electron chi connectivity index (χ3n) is 3.38. The average molecular weight is 240 g/mol. The Bertz CT molecular complexity index is 337. The number of aliphatic hydroxyl groups is 1. The molecule has 1 N–H and O–H groups in total. The Morgan fingerprint density at radius 2 is 2.19 bits per heavy atom. The number of hydrogen-bond acceptors (Lipinski definition) is 3. The van der Waals surface area contributed by atoms with Gasteiger partial charge in [-0.25, -0.2) is 0 Å². The van der Waals surface area contributed by atoms with Gasteiger partial charge in [0.25, 0.3) is 0 Å². The molecule has 2 nitrogen and oxygen atoms in total. The van der Waals surface area contributed by atoms with Gasteiger partial charge in [-0.2, -0.15) is 0 Å². The number of hydrogen-bond donors (Lipinski definition) is 1. The zero-order valence-electron chi connectivity index (χ0n) is 10.0. The van der Waals surface area contributed by atoms with E-state index in [1.807, 2.05) is 6.92 Å². The third kappa shape index (κ3) is 2.65. The smallest absolute Gasteiger partial charge is 0.0965 e. The van der Waals surface area contributed by atoms with E-state index in [9.17, 15) is 5.11 Å². The molecule has 1 unspecified atom stereocenters. The van der Waals surface area contributed by atoms with Gasteiger partial charge in [-0.3, -0.25) is 0 Å². The van der Waals surface area contributed by atoms with Gasteiger partial charge in [0, 0.05) is 18.1 Å². The molecule has 1 saturated heterocycles. The Kier molecular flexibility index (Phi) is 3.67. The van der Waals surface area contributed by atoms with Crippen LogP contribution in [0, 0.1) is 12.8 Å². The SMILES string of the molecule is Cc1ccsc1C(C)(O)CC1CCOCC1. The highest BCUT2D eigenvalue weighted by atomic mass is 32.1. The molecule has 1 aromatic rings. The first-order valence-electron chi connectivity index (χ1n) is 5.94. The van der Waals surface area contributed by atoms with E-state index in [4.69, 9.17) is 4.74 Å². The normalized spacial score (nSPS) is 21.9. The van der Waals surface area contributed by atoms with E-state index < -0.39 is 5.60 Å². The number of rotatable bonds is 3. The molecule has 3 heteroatoms. The molecule has 0 bridgehead atoms. The molecule has 1 aromatic heterocycles. The Hall–Kier alpha value is -0.380.